The molecular weight excluding hydrogens is 513 g/mol. The normalized spacial score (nSPS) is 15.7. The van der Waals surface area contributed by atoms with E-state index < -0.39 is 34.5 Å². The molecule has 0 saturated carbocycles. The van der Waals surface area contributed by atoms with Gasteiger partial charge in [-0.15, -0.1) is 0 Å². The molecule has 0 aliphatic carbocycles. The van der Waals surface area contributed by atoms with Crippen molar-refractivity contribution < 1.29 is 23.1 Å². The largest absolute Gasteiger partial charge is 0.398 e. The summed E-state index contributed by atoms with van der Waals surface area (Å²) in [4.78, 5) is 25.9. The number of nitrogens with zero attached hydrogens (tertiary/aromatic N) is 3. The summed E-state index contributed by atoms with van der Waals surface area (Å²) in [6.07, 6.45) is 4.05. The highest BCUT2D eigenvalue weighted by atomic mass is 19.3. The Kier molecular flexibility index (Phi) is 8.49. The van der Waals surface area contributed by atoms with E-state index in [0.29, 0.717) is 25.2 Å². The predicted octanol–water partition coefficient (Wildman–Crippen LogP) is 3.41. The van der Waals surface area contributed by atoms with Gasteiger partial charge in [-0.25, -0.2) is 9.07 Å². The second-order valence-corrected chi connectivity index (χ2v) is 10.1. The number of aromatic nitrogens is 2. The van der Waals surface area contributed by atoms with Crippen molar-refractivity contribution in [1.82, 2.24) is 14.7 Å². The number of nitrogen functional groups attached to an aromatic ring is 1. The molecule has 212 valence electrons. The SMILES string of the molecule is CC[C@@H](Nc1nn(C)c(=O)c(N)c1/C=C(\N)C1=CCN(C(C)=O)CC1)c1cccc(C(F)(F)C(C)(C)O)c1F. The summed E-state index contributed by atoms with van der Waals surface area (Å²) >= 11 is 0. The molecule has 6 N–H and O–H groups in total. The molecule has 1 aliphatic rings. The maximum atomic E-state index is 15.5. The molecule has 1 atom stereocenters. The molecule has 12 heteroatoms. The first kappa shape index (κ1) is 29.8. The lowest BCUT2D eigenvalue weighted by Crippen LogP contribution is -2.41. The van der Waals surface area contributed by atoms with E-state index in [-0.39, 0.29) is 35.0 Å². The number of halogens is 3. The standard InChI is InChI=1S/C27H35F3N6O3/c1-6-21(17-8-7-9-19(22(17)28)27(29,30)26(3,4)39)33-24-18(23(32)25(38)35(5)34-24)14-20(31)16-10-12-36(13-11-16)15(2)37/h7-10,14,21,39H,6,11-13,31-32H2,1-5H3,(H,33,34)/b20-14-/t21-/m1/s1. The smallest absolute Gasteiger partial charge is 0.303 e. The molecular formula is C27H35F3N6O3. The lowest BCUT2D eigenvalue weighted by molar-refractivity contribution is -0.170. The van der Waals surface area contributed by atoms with Crippen LogP contribution in [-0.2, 0) is 17.8 Å². The Hall–Kier alpha value is -3.80. The summed E-state index contributed by atoms with van der Waals surface area (Å²) in [7, 11) is 1.40. The molecule has 2 heterocycles. The van der Waals surface area contributed by atoms with Crippen LogP contribution in [-0.4, -0.2) is 44.4 Å². The van der Waals surface area contributed by atoms with Gasteiger partial charge in [0.1, 0.15) is 17.1 Å². The summed E-state index contributed by atoms with van der Waals surface area (Å²) in [5.41, 5.74) is 9.49. The number of rotatable bonds is 8. The van der Waals surface area contributed by atoms with E-state index >= 15 is 4.39 Å². The van der Waals surface area contributed by atoms with Gasteiger partial charge in [0.25, 0.3) is 5.56 Å². The molecule has 1 aromatic carbocycles. The topological polar surface area (TPSA) is 139 Å². The van der Waals surface area contributed by atoms with E-state index in [0.717, 1.165) is 30.2 Å². The Balaban J connectivity index is 2.06. The van der Waals surface area contributed by atoms with Crippen LogP contribution in [0.25, 0.3) is 6.08 Å². The minimum atomic E-state index is -3.86. The van der Waals surface area contributed by atoms with Gasteiger partial charge in [0.2, 0.25) is 5.91 Å². The van der Waals surface area contributed by atoms with Crippen LogP contribution in [0.15, 0.2) is 40.3 Å². The van der Waals surface area contributed by atoms with Gasteiger partial charge < -0.3 is 26.8 Å². The van der Waals surface area contributed by atoms with Gasteiger partial charge >= 0.3 is 5.92 Å². The molecule has 0 bridgehead atoms. The average Bonchev–Trinajstić information content (AvgIpc) is 2.87. The van der Waals surface area contributed by atoms with E-state index in [2.05, 4.69) is 10.4 Å². The van der Waals surface area contributed by atoms with Crippen molar-refractivity contribution in [3.63, 3.8) is 0 Å². The van der Waals surface area contributed by atoms with Gasteiger partial charge in [-0.3, -0.25) is 9.59 Å². The molecule has 0 radical (unpaired) electrons. The van der Waals surface area contributed by atoms with Gasteiger partial charge in [0.15, 0.2) is 5.82 Å². The highest BCUT2D eigenvalue weighted by Crippen LogP contribution is 2.41. The minimum Gasteiger partial charge on any atom is -0.398 e. The third kappa shape index (κ3) is 5.95. The van der Waals surface area contributed by atoms with Gasteiger partial charge in [0, 0.05) is 43.9 Å². The number of nitrogens with one attached hydrogen (secondary N) is 1. The number of nitrogens with two attached hydrogens (primary N) is 2. The van der Waals surface area contributed by atoms with E-state index in [1.807, 2.05) is 6.08 Å². The van der Waals surface area contributed by atoms with Crippen molar-refractivity contribution in [2.75, 3.05) is 24.1 Å². The Bertz CT molecular complexity index is 1380. The summed E-state index contributed by atoms with van der Waals surface area (Å²) < 4.78 is 46.3. The Morgan fingerprint density at radius 1 is 1.33 bits per heavy atom. The number of aryl methyl sites for hydroxylation is 1. The first-order valence-corrected chi connectivity index (χ1v) is 12.5. The van der Waals surface area contributed by atoms with Crippen molar-refractivity contribution in [2.45, 2.75) is 58.1 Å². The number of alkyl halides is 2. The first-order valence-electron chi connectivity index (χ1n) is 12.5. The second kappa shape index (κ2) is 11.1. The third-order valence-electron chi connectivity index (χ3n) is 6.87. The zero-order valence-corrected chi connectivity index (χ0v) is 22.7. The van der Waals surface area contributed by atoms with Crippen molar-refractivity contribution in [1.29, 1.82) is 0 Å². The van der Waals surface area contributed by atoms with Crippen LogP contribution in [0, 0.1) is 5.82 Å². The van der Waals surface area contributed by atoms with Crippen LogP contribution in [0.1, 0.15) is 63.3 Å². The fraction of sp³-hybridized carbons (Fsp3) is 0.444. The predicted molar refractivity (Wildman–Crippen MR) is 144 cm³/mol. The number of aliphatic hydroxyl groups is 1. The quantitative estimate of drug-likeness (QED) is 0.396. The highest BCUT2D eigenvalue weighted by Gasteiger charge is 2.49. The van der Waals surface area contributed by atoms with Crippen LogP contribution in [0.2, 0.25) is 0 Å². The molecule has 0 unspecified atom stereocenters. The maximum absolute atomic E-state index is 15.5. The molecule has 3 rings (SSSR count). The number of allylic oxidation sites excluding steroid dienone is 1. The van der Waals surface area contributed by atoms with E-state index in [1.165, 1.54) is 32.2 Å². The molecule has 39 heavy (non-hydrogen) atoms. The number of benzene rings is 1. The highest BCUT2D eigenvalue weighted by molar-refractivity contribution is 5.77. The van der Waals surface area contributed by atoms with E-state index in [4.69, 9.17) is 11.5 Å². The fourth-order valence-corrected chi connectivity index (χ4v) is 4.34. The van der Waals surface area contributed by atoms with E-state index in [1.54, 1.807) is 11.8 Å². The van der Waals surface area contributed by atoms with Crippen LogP contribution >= 0.6 is 0 Å². The molecule has 0 spiro atoms. The molecule has 0 fully saturated rings. The van der Waals surface area contributed by atoms with E-state index in [9.17, 15) is 23.5 Å². The third-order valence-corrected chi connectivity index (χ3v) is 6.87. The number of amides is 1. The average molecular weight is 549 g/mol. The summed E-state index contributed by atoms with van der Waals surface area (Å²) in [5, 5.41) is 17.3. The minimum absolute atomic E-state index is 0.0541. The number of carbonyl (C=O) groups is 1. The molecule has 2 aromatic rings. The second-order valence-electron chi connectivity index (χ2n) is 10.1. The lowest BCUT2D eigenvalue weighted by atomic mass is 9.90. The zero-order valence-electron chi connectivity index (χ0n) is 22.7. The Labute approximate surface area is 225 Å². The molecule has 1 aliphatic heterocycles. The van der Waals surface area contributed by atoms with Crippen molar-refractivity contribution in [3.05, 3.63) is 68.4 Å². The van der Waals surface area contributed by atoms with Gasteiger partial charge in [-0.1, -0.05) is 25.1 Å². The summed E-state index contributed by atoms with van der Waals surface area (Å²) in [6, 6.07) is 2.74. The number of hydrogen-bond donors (Lipinski definition) is 4. The Morgan fingerprint density at radius 2 is 2.00 bits per heavy atom. The summed E-state index contributed by atoms with van der Waals surface area (Å²) in [6.45, 7) is 5.89. The van der Waals surface area contributed by atoms with Crippen LogP contribution < -0.4 is 22.3 Å². The molecule has 0 saturated heterocycles. The number of anilines is 2. The van der Waals surface area contributed by atoms with Crippen LogP contribution in [0.4, 0.5) is 24.7 Å². The number of carbonyl (C=O) groups excluding carboxylic acids is 1. The van der Waals surface area contributed by atoms with Gasteiger partial charge in [-0.2, -0.15) is 13.9 Å². The van der Waals surface area contributed by atoms with Crippen molar-refractivity contribution in [2.24, 2.45) is 12.8 Å². The van der Waals surface area contributed by atoms with Crippen molar-refractivity contribution >= 4 is 23.5 Å². The maximum Gasteiger partial charge on any atom is 0.303 e. The molecule has 9 nitrogen and oxygen atoms in total. The number of hydrogen-bond acceptors (Lipinski definition) is 7. The van der Waals surface area contributed by atoms with Crippen LogP contribution in [0.3, 0.4) is 0 Å². The van der Waals surface area contributed by atoms with Gasteiger partial charge in [-0.05, 0) is 44.4 Å². The molecule has 1 aromatic heterocycles. The molecule has 1 amide bonds. The summed E-state index contributed by atoms with van der Waals surface area (Å²) in [5.74, 6) is -4.98. The monoisotopic (exact) mass is 548 g/mol. The fourth-order valence-electron chi connectivity index (χ4n) is 4.34. The van der Waals surface area contributed by atoms with Crippen LogP contribution in [0.5, 0.6) is 0 Å². The lowest BCUT2D eigenvalue weighted by Gasteiger charge is -2.30. The van der Waals surface area contributed by atoms with Gasteiger partial charge in [0.05, 0.1) is 11.6 Å². The first-order chi connectivity index (χ1) is 18.1. The Morgan fingerprint density at radius 3 is 2.54 bits per heavy atom. The van der Waals surface area contributed by atoms with Crippen molar-refractivity contribution in [3.8, 4) is 0 Å². The zero-order chi connectivity index (χ0) is 29.3.